The van der Waals surface area contributed by atoms with Crippen molar-refractivity contribution < 1.29 is 14.3 Å². The lowest BCUT2D eigenvalue weighted by Crippen LogP contribution is -2.44. The summed E-state index contributed by atoms with van der Waals surface area (Å²) in [6.07, 6.45) is 0. The summed E-state index contributed by atoms with van der Waals surface area (Å²) in [4.78, 5) is 29.1. The first-order valence-corrected chi connectivity index (χ1v) is 9.50. The lowest BCUT2D eigenvalue weighted by atomic mass is 10.1. The van der Waals surface area contributed by atoms with Crippen molar-refractivity contribution in [1.82, 2.24) is 4.90 Å². The van der Waals surface area contributed by atoms with Crippen molar-refractivity contribution in [3.8, 4) is 0 Å². The van der Waals surface area contributed by atoms with E-state index in [9.17, 15) is 9.59 Å². The number of carbonyl (C=O) groups is 2. The molecule has 0 radical (unpaired) electrons. The molecule has 2 aromatic rings. The Morgan fingerprint density at radius 1 is 1.04 bits per heavy atom. The van der Waals surface area contributed by atoms with Crippen LogP contribution in [-0.2, 0) is 4.74 Å². The van der Waals surface area contributed by atoms with Crippen LogP contribution in [0.5, 0.6) is 0 Å². The molecular formula is C20H22BrN3O3. The molecule has 3 rings (SSSR count). The van der Waals surface area contributed by atoms with Crippen molar-refractivity contribution in [2.24, 2.45) is 0 Å². The third kappa shape index (κ3) is 4.67. The van der Waals surface area contributed by atoms with Crippen LogP contribution in [-0.4, -0.2) is 57.1 Å². The fourth-order valence-corrected chi connectivity index (χ4v) is 3.43. The number of rotatable bonds is 4. The van der Waals surface area contributed by atoms with Crippen LogP contribution in [0.15, 0.2) is 46.9 Å². The minimum absolute atomic E-state index is 0.228. The van der Waals surface area contributed by atoms with Gasteiger partial charge in [0.05, 0.1) is 24.0 Å². The molecular weight excluding hydrogens is 410 g/mol. The Kier molecular flexibility index (Phi) is 6.13. The van der Waals surface area contributed by atoms with Gasteiger partial charge < -0.3 is 19.9 Å². The average molecular weight is 432 g/mol. The van der Waals surface area contributed by atoms with E-state index < -0.39 is 5.97 Å². The summed E-state index contributed by atoms with van der Waals surface area (Å²) >= 11 is 3.38. The Morgan fingerprint density at radius 3 is 2.44 bits per heavy atom. The molecule has 1 aliphatic rings. The van der Waals surface area contributed by atoms with Crippen LogP contribution in [0.4, 0.5) is 11.4 Å². The molecule has 1 amide bonds. The molecule has 7 heteroatoms. The zero-order chi connectivity index (χ0) is 19.4. The highest BCUT2D eigenvalue weighted by molar-refractivity contribution is 9.10. The highest BCUT2D eigenvalue weighted by atomic mass is 79.9. The van der Waals surface area contributed by atoms with Crippen LogP contribution >= 0.6 is 15.9 Å². The molecule has 0 spiro atoms. The first kappa shape index (κ1) is 19.4. The van der Waals surface area contributed by atoms with Gasteiger partial charge in [-0.1, -0.05) is 22.0 Å². The molecule has 142 valence electrons. The topological polar surface area (TPSA) is 61.9 Å². The van der Waals surface area contributed by atoms with Gasteiger partial charge in [-0.15, -0.1) is 0 Å². The Morgan fingerprint density at radius 2 is 1.78 bits per heavy atom. The number of carbonyl (C=O) groups excluding carboxylic acids is 2. The number of halogens is 1. The third-order valence-corrected chi connectivity index (χ3v) is 5.09. The van der Waals surface area contributed by atoms with Gasteiger partial charge in [0.15, 0.2) is 0 Å². The van der Waals surface area contributed by atoms with Gasteiger partial charge in [0.2, 0.25) is 0 Å². The quantitative estimate of drug-likeness (QED) is 0.752. The summed E-state index contributed by atoms with van der Waals surface area (Å²) in [6.45, 7) is 3.59. The summed E-state index contributed by atoms with van der Waals surface area (Å²) in [6, 6.07) is 12.5. The predicted octanol–water partition coefficient (Wildman–Crippen LogP) is 3.24. The van der Waals surface area contributed by atoms with E-state index in [-0.39, 0.29) is 5.91 Å². The van der Waals surface area contributed by atoms with Crippen molar-refractivity contribution in [2.75, 3.05) is 50.6 Å². The fourth-order valence-electron chi connectivity index (χ4n) is 3.03. The summed E-state index contributed by atoms with van der Waals surface area (Å²) < 4.78 is 5.65. The second-order valence-corrected chi connectivity index (χ2v) is 7.39. The van der Waals surface area contributed by atoms with Gasteiger partial charge in [0.1, 0.15) is 0 Å². The van der Waals surface area contributed by atoms with Crippen LogP contribution in [0.1, 0.15) is 20.7 Å². The number of hydrogen-bond donors (Lipinski definition) is 1. The molecule has 0 saturated carbocycles. The highest BCUT2D eigenvalue weighted by Crippen LogP contribution is 2.29. The van der Waals surface area contributed by atoms with Crippen molar-refractivity contribution in [3.63, 3.8) is 0 Å². The van der Waals surface area contributed by atoms with Gasteiger partial charge in [-0.05, 0) is 43.4 Å². The molecule has 1 fully saturated rings. The van der Waals surface area contributed by atoms with E-state index in [1.54, 1.807) is 24.3 Å². The van der Waals surface area contributed by atoms with E-state index in [2.05, 4.69) is 38.1 Å². The smallest absolute Gasteiger partial charge is 0.337 e. The fraction of sp³-hybridized carbons (Fsp3) is 0.300. The Bertz CT molecular complexity index is 848. The summed E-state index contributed by atoms with van der Waals surface area (Å²) in [7, 11) is 3.43. The minimum Gasteiger partial charge on any atom is -0.465 e. The minimum atomic E-state index is -0.433. The van der Waals surface area contributed by atoms with Crippen LogP contribution < -0.4 is 10.2 Å². The predicted molar refractivity (Wildman–Crippen MR) is 110 cm³/mol. The number of anilines is 2. The number of nitrogens with one attached hydrogen (secondary N) is 1. The van der Waals surface area contributed by atoms with Gasteiger partial charge in [0, 0.05) is 36.2 Å². The van der Waals surface area contributed by atoms with Crippen molar-refractivity contribution in [2.45, 2.75) is 0 Å². The zero-order valence-electron chi connectivity index (χ0n) is 15.4. The lowest BCUT2D eigenvalue weighted by molar-refractivity contribution is 0.0600. The van der Waals surface area contributed by atoms with Gasteiger partial charge in [0.25, 0.3) is 5.91 Å². The number of nitrogens with zero attached hydrogens (tertiary/aromatic N) is 2. The number of hydrogen-bond acceptors (Lipinski definition) is 5. The summed E-state index contributed by atoms with van der Waals surface area (Å²) in [5.41, 5.74) is 2.45. The molecule has 1 aliphatic heterocycles. The lowest BCUT2D eigenvalue weighted by Gasteiger charge is -2.35. The monoisotopic (exact) mass is 431 g/mol. The molecule has 6 nitrogen and oxygen atoms in total. The van der Waals surface area contributed by atoms with Gasteiger partial charge in [-0.2, -0.15) is 0 Å². The molecule has 0 aliphatic carbocycles. The van der Waals surface area contributed by atoms with Crippen LogP contribution in [0, 0.1) is 0 Å². The first-order chi connectivity index (χ1) is 13.0. The molecule has 27 heavy (non-hydrogen) atoms. The zero-order valence-corrected chi connectivity index (χ0v) is 17.0. The molecule has 0 unspecified atom stereocenters. The number of esters is 1. The maximum atomic E-state index is 12.7. The van der Waals surface area contributed by atoms with Crippen LogP contribution in [0.2, 0.25) is 0 Å². The van der Waals surface area contributed by atoms with E-state index >= 15 is 0 Å². The number of ether oxygens (including phenoxy) is 1. The number of methoxy groups -OCH3 is 1. The van der Waals surface area contributed by atoms with Crippen LogP contribution in [0.25, 0.3) is 0 Å². The van der Waals surface area contributed by atoms with E-state index in [0.717, 1.165) is 36.3 Å². The molecule has 2 aromatic carbocycles. The Balaban J connectivity index is 1.92. The molecule has 0 bridgehead atoms. The molecule has 1 heterocycles. The standard InChI is InChI=1S/C20H22BrN3O3/c1-23-8-10-24(11-9-23)18-7-6-15(20(26)27-2)13-17(18)22-19(25)14-4-3-5-16(21)12-14/h3-7,12-13H,8-11H2,1-2H3,(H,22,25). The molecule has 1 saturated heterocycles. The Hall–Kier alpha value is -2.38. The number of likely N-dealkylation sites (N-methyl/N-ethyl adjacent to an activating group) is 1. The normalized spacial score (nSPS) is 14.7. The van der Waals surface area contributed by atoms with Crippen molar-refractivity contribution in [3.05, 3.63) is 58.1 Å². The summed E-state index contributed by atoms with van der Waals surface area (Å²) in [5.74, 6) is -0.661. The van der Waals surface area contributed by atoms with E-state index in [1.165, 1.54) is 7.11 Å². The maximum Gasteiger partial charge on any atom is 0.337 e. The number of benzene rings is 2. The maximum absolute atomic E-state index is 12.7. The molecule has 0 atom stereocenters. The molecule has 1 N–H and O–H groups in total. The van der Waals surface area contributed by atoms with E-state index in [4.69, 9.17) is 4.74 Å². The number of amides is 1. The van der Waals surface area contributed by atoms with Gasteiger partial charge in [-0.25, -0.2) is 4.79 Å². The van der Waals surface area contributed by atoms with Gasteiger partial charge in [-0.3, -0.25) is 4.79 Å². The van der Waals surface area contributed by atoms with Crippen molar-refractivity contribution >= 4 is 39.2 Å². The highest BCUT2D eigenvalue weighted by Gasteiger charge is 2.20. The van der Waals surface area contributed by atoms with Gasteiger partial charge >= 0.3 is 5.97 Å². The second-order valence-electron chi connectivity index (χ2n) is 6.48. The third-order valence-electron chi connectivity index (χ3n) is 4.60. The Labute approximate surface area is 167 Å². The average Bonchev–Trinajstić information content (AvgIpc) is 2.68. The van der Waals surface area contributed by atoms with Crippen LogP contribution in [0.3, 0.4) is 0 Å². The largest absolute Gasteiger partial charge is 0.465 e. The second kappa shape index (κ2) is 8.54. The van der Waals surface area contributed by atoms with Crippen molar-refractivity contribution in [1.29, 1.82) is 0 Å². The number of piperazine rings is 1. The molecule has 0 aromatic heterocycles. The van der Waals surface area contributed by atoms with E-state index in [1.807, 2.05) is 18.2 Å². The summed E-state index contributed by atoms with van der Waals surface area (Å²) in [5, 5.41) is 2.96. The SMILES string of the molecule is COC(=O)c1ccc(N2CCN(C)CC2)c(NC(=O)c2cccc(Br)c2)c1. The first-order valence-electron chi connectivity index (χ1n) is 8.70. The van der Waals surface area contributed by atoms with E-state index in [0.29, 0.717) is 16.8 Å².